The number of carboxylic acid groups (broad SMARTS) is 1. The summed E-state index contributed by atoms with van der Waals surface area (Å²) in [6.45, 7) is 3.95. The molecule has 3 nitrogen and oxygen atoms in total. The number of hydrogen-bond donors (Lipinski definition) is 0. The van der Waals surface area contributed by atoms with Crippen LogP contribution in [0.25, 0.3) is 0 Å². The zero-order chi connectivity index (χ0) is 9.40. The monoisotopic (exact) mass is 267 g/mol. The average molecular weight is 267 g/mol. The van der Waals surface area contributed by atoms with Gasteiger partial charge < -0.3 is 9.90 Å². The smallest absolute Gasteiger partial charge is 0.529 e. The number of carbonyl (C=O) groups is 1. The van der Waals surface area contributed by atoms with Crippen LogP contribution in [0, 0.1) is 0 Å². The fourth-order valence-corrected chi connectivity index (χ4v) is 4.14. The quantitative estimate of drug-likeness (QED) is 0.359. The molecule has 0 unspecified atom stereocenters. The Morgan fingerprint density at radius 3 is 1.85 bits per heavy atom. The van der Waals surface area contributed by atoms with Crippen molar-refractivity contribution in [1.82, 2.24) is 3.71 Å². The molecule has 0 saturated carbocycles. The molecule has 0 aromatic carbocycles. The molecule has 8 heteroatoms. The molecule has 0 spiro atoms. The SMILES string of the molecule is CCSSN(SSCC)C(=O)[O-].[Na+]. The van der Waals surface area contributed by atoms with Gasteiger partial charge in [0.1, 0.15) is 0 Å². The Bertz CT molecular complexity index is 132. The van der Waals surface area contributed by atoms with Crippen molar-refractivity contribution in [1.29, 1.82) is 0 Å². The molecule has 0 bridgehead atoms. The van der Waals surface area contributed by atoms with Gasteiger partial charge in [-0.15, -0.1) is 0 Å². The van der Waals surface area contributed by atoms with Crippen LogP contribution >= 0.6 is 43.5 Å². The summed E-state index contributed by atoms with van der Waals surface area (Å²) in [5.74, 6) is 1.76. The van der Waals surface area contributed by atoms with E-state index in [1.807, 2.05) is 13.8 Å². The Hall–Kier alpha value is 1.67. The van der Waals surface area contributed by atoms with Crippen LogP contribution in [0.1, 0.15) is 13.8 Å². The summed E-state index contributed by atoms with van der Waals surface area (Å²) in [7, 11) is 5.36. The van der Waals surface area contributed by atoms with Crippen LogP contribution in [0.4, 0.5) is 4.79 Å². The summed E-state index contributed by atoms with van der Waals surface area (Å²) < 4.78 is 1.16. The van der Waals surface area contributed by atoms with E-state index in [0.717, 1.165) is 15.2 Å². The van der Waals surface area contributed by atoms with Gasteiger partial charge >= 0.3 is 29.6 Å². The molecule has 0 aromatic heterocycles. The Kier molecular flexibility index (Phi) is 15.4. The van der Waals surface area contributed by atoms with Crippen molar-refractivity contribution in [3.05, 3.63) is 0 Å². The zero-order valence-electron chi connectivity index (χ0n) is 7.81. The molecule has 72 valence electrons. The third-order valence-electron chi connectivity index (χ3n) is 0.626. The minimum atomic E-state index is -1.15. The third-order valence-corrected chi connectivity index (χ3v) is 5.83. The van der Waals surface area contributed by atoms with Gasteiger partial charge in [-0.05, 0) is 0 Å². The zero-order valence-corrected chi connectivity index (χ0v) is 13.1. The van der Waals surface area contributed by atoms with E-state index in [9.17, 15) is 9.90 Å². The first-order valence-corrected chi connectivity index (χ1v) is 7.87. The van der Waals surface area contributed by atoms with E-state index in [1.54, 1.807) is 0 Å². The molecular weight excluding hydrogens is 257 g/mol. The average Bonchev–Trinajstić information content (AvgIpc) is 2.04. The van der Waals surface area contributed by atoms with Gasteiger partial charge in [0.05, 0.1) is 0 Å². The van der Waals surface area contributed by atoms with Crippen molar-refractivity contribution in [3.8, 4) is 0 Å². The molecule has 0 N–H and O–H groups in total. The van der Waals surface area contributed by atoms with Crippen molar-refractivity contribution in [2.45, 2.75) is 13.8 Å². The fraction of sp³-hybridized carbons (Fsp3) is 0.800. The van der Waals surface area contributed by atoms with Crippen LogP contribution in [0.3, 0.4) is 0 Å². The van der Waals surface area contributed by atoms with Crippen molar-refractivity contribution in [3.63, 3.8) is 0 Å². The van der Waals surface area contributed by atoms with Crippen LogP contribution in [-0.4, -0.2) is 21.3 Å². The number of rotatable bonds is 6. The molecule has 0 aliphatic rings. The summed E-state index contributed by atoms with van der Waals surface area (Å²) in [6.07, 6.45) is -1.15. The second-order valence-corrected chi connectivity index (χ2v) is 6.68. The van der Waals surface area contributed by atoms with E-state index < -0.39 is 6.09 Å². The molecule has 0 heterocycles. The minimum Gasteiger partial charge on any atom is -0.529 e. The van der Waals surface area contributed by atoms with E-state index in [0.29, 0.717) is 0 Å². The normalized spacial score (nSPS) is 9.08. The van der Waals surface area contributed by atoms with Gasteiger partial charge in [0.25, 0.3) is 0 Å². The number of amides is 1. The summed E-state index contributed by atoms with van der Waals surface area (Å²) in [6, 6.07) is 0. The second-order valence-electron chi connectivity index (χ2n) is 1.49. The van der Waals surface area contributed by atoms with Crippen molar-refractivity contribution >= 4 is 49.6 Å². The van der Waals surface area contributed by atoms with Gasteiger partial charge in [0, 0.05) is 33.5 Å². The summed E-state index contributed by atoms with van der Waals surface area (Å²) in [4.78, 5) is 10.5. The first kappa shape index (κ1) is 17.1. The van der Waals surface area contributed by atoms with Gasteiger partial charge in [-0.1, -0.05) is 35.4 Å². The number of carbonyl (C=O) groups excluding carboxylic acids is 1. The molecule has 1 amide bonds. The Morgan fingerprint density at radius 2 is 1.62 bits per heavy atom. The Labute approximate surface area is 117 Å². The number of hydrogen-bond acceptors (Lipinski definition) is 6. The summed E-state index contributed by atoms with van der Waals surface area (Å²) in [5, 5.41) is 10.5. The maximum Gasteiger partial charge on any atom is 1.00 e. The van der Waals surface area contributed by atoms with Crippen LogP contribution in [0.2, 0.25) is 0 Å². The molecule has 0 aliphatic heterocycles. The van der Waals surface area contributed by atoms with E-state index in [4.69, 9.17) is 0 Å². The van der Waals surface area contributed by atoms with Crippen LogP contribution in [0.5, 0.6) is 0 Å². The van der Waals surface area contributed by atoms with E-state index >= 15 is 0 Å². The predicted molar refractivity (Wildman–Crippen MR) is 58.7 cm³/mol. The minimum absolute atomic E-state index is 0. The molecule has 0 aromatic rings. The first-order valence-electron chi connectivity index (χ1n) is 3.32. The first-order chi connectivity index (χ1) is 5.72. The molecule has 0 atom stereocenters. The molecule has 0 saturated heterocycles. The largest absolute Gasteiger partial charge is 1.00 e. The van der Waals surface area contributed by atoms with E-state index in [2.05, 4.69) is 0 Å². The maximum atomic E-state index is 10.5. The van der Waals surface area contributed by atoms with E-state index in [-0.39, 0.29) is 29.6 Å². The Morgan fingerprint density at radius 1 is 1.23 bits per heavy atom. The third kappa shape index (κ3) is 9.96. The predicted octanol–water partition coefficient (Wildman–Crippen LogP) is -0.732. The van der Waals surface area contributed by atoms with Crippen molar-refractivity contribution < 1.29 is 39.5 Å². The summed E-state index contributed by atoms with van der Waals surface area (Å²) in [5.41, 5.74) is 0. The van der Waals surface area contributed by atoms with Crippen LogP contribution in [-0.2, 0) is 0 Å². The molecule has 13 heavy (non-hydrogen) atoms. The molecule has 0 radical (unpaired) electrons. The molecule has 0 rings (SSSR count). The maximum absolute atomic E-state index is 10.5. The fourth-order valence-electron chi connectivity index (χ4n) is 0.274. The number of nitrogens with zero attached hydrogens (tertiary/aromatic N) is 1. The van der Waals surface area contributed by atoms with Gasteiger partial charge in [-0.25, -0.2) is 3.71 Å². The van der Waals surface area contributed by atoms with Crippen LogP contribution < -0.4 is 34.7 Å². The van der Waals surface area contributed by atoms with Crippen molar-refractivity contribution in [2.24, 2.45) is 0 Å². The van der Waals surface area contributed by atoms with Gasteiger partial charge in [0.2, 0.25) is 0 Å². The van der Waals surface area contributed by atoms with Crippen LogP contribution in [0.15, 0.2) is 0 Å². The van der Waals surface area contributed by atoms with Gasteiger partial charge in [-0.3, -0.25) is 0 Å². The van der Waals surface area contributed by atoms with E-state index in [1.165, 1.54) is 43.5 Å². The van der Waals surface area contributed by atoms with Gasteiger partial charge in [-0.2, -0.15) is 0 Å². The standard InChI is InChI=1S/C5H11NO2S4.Na/c1-3-9-11-6(5(7)8)12-10-4-2;/h3-4H2,1-2H3,(H,7,8);/q;+1/p-1. The second kappa shape index (κ2) is 11.7. The topological polar surface area (TPSA) is 43.4 Å². The summed E-state index contributed by atoms with van der Waals surface area (Å²) >= 11 is 0. The van der Waals surface area contributed by atoms with Crippen molar-refractivity contribution in [2.75, 3.05) is 11.5 Å². The molecule has 0 fully saturated rings. The Balaban J connectivity index is 0. The molecular formula is C5H10NNaO2S4. The van der Waals surface area contributed by atoms with Gasteiger partial charge in [0.15, 0.2) is 6.09 Å². The molecule has 0 aliphatic carbocycles.